The first kappa shape index (κ1) is 19.8. The van der Waals surface area contributed by atoms with Crippen LogP contribution in [0.4, 0.5) is 0 Å². The molecule has 3 aromatic carbocycles. The van der Waals surface area contributed by atoms with E-state index in [4.69, 9.17) is 11.0 Å². The summed E-state index contributed by atoms with van der Waals surface area (Å²) < 4.78 is 0. The summed E-state index contributed by atoms with van der Waals surface area (Å²) in [4.78, 5) is 25.2. The monoisotopic (exact) mass is 383 g/mol. The highest BCUT2D eigenvalue weighted by Gasteiger charge is 2.27. The first-order valence-corrected chi connectivity index (χ1v) is 9.27. The van der Waals surface area contributed by atoms with Crippen LogP contribution in [-0.4, -0.2) is 17.9 Å². The maximum absolute atomic E-state index is 13.2. The molecule has 0 fully saturated rings. The average molecular weight is 383 g/mol. The topological polar surface area (TPSA) is 96.0 Å². The molecule has 29 heavy (non-hydrogen) atoms. The Labute approximate surface area is 169 Å². The van der Waals surface area contributed by atoms with Crippen LogP contribution in [0.15, 0.2) is 84.9 Å². The fraction of sp³-hybridized carbons (Fsp3) is 0.125. The van der Waals surface area contributed by atoms with E-state index in [2.05, 4.69) is 11.4 Å². The molecule has 0 heterocycles. The summed E-state index contributed by atoms with van der Waals surface area (Å²) >= 11 is 0. The number of hydrogen-bond donors (Lipinski definition) is 2. The van der Waals surface area contributed by atoms with E-state index >= 15 is 0 Å². The van der Waals surface area contributed by atoms with Crippen LogP contribution in [0.3, 0.4) is 0 Å². The molecule has 0 aliphatic rings. The lowest BCUT2D eigenvalue weighted by molar-refractivity contribution is -0.127. The van der Waals surface area contributed by atoms with E-state index in [0.29, 0.717) is 5.56 Å². The molecule has 0 bridgehead atoms. The molecule has 3 rings (SSSR count). The maximum atomic E-state index is 13.2. The number of nitriles is 1. The molecular weight excluding hydrogens is 362 g/mol. The van der Waals surface area contributed by atoms with Crippen LogP contribution >= 0.6 is 0 Å². The Balaban J connectivity index is 1.84. The SMILES string of the molecule is N#Cc1ccc(C[C@H](NC(=O)C(c2ccccc2)c2ccccc2)C(N)=O)cc1. The van der Waals surface area contributed by atoms with Crippen LogP contribution < -0.4 is 11.1 Å². The zero-order valence-corrected chi connectivity index (χ0v) is 15.8. The van der Waals surface area contributed by atoms with Gasteiger partial charge in [0, 0.05) is 6.42 Å². The van der Waals surface area contributed by atoms with Gasteiger partial charge in [0.1, 0.15) is 6.04 Å². The van der Waals surface area contributed by atoms with E-state index in [0.717, 1.165) is 16.7 Å². The Hall–Kier alpha value is -3.91. The Morgan fingerprint density at radius 1 is 0.862 bits per heavy atom. The second kappa shape index (κ2) is 9.34. The highest BCUT2D eigenvalue weighted by molar-refractivity contribution is 5.92. The number of amides is 2. The molecule has 1 atom stereocenters. The zero-order valence-electron chi connectivity index (χ0n) is 15.8. The quantitative estimate of drug-likeness (QED) is 0.657. The maximum Gasteiger partial charge on any atom is 0.240 e. The highest BCUT2D eigenvalue weighted by atomic mass is 16.2. The van der Waals surface area contributed by atoms with Gasteiger partial charge in [-0.3, -0.25) is 9.59 Å². The Morgan fingerprint density at radius 3 is 1.83 bits per heavy atom. The second-order valence-electron chi connectivity index (χ2n) is 6.73. The van der Waals surface area contributed by atoms with Crippen molar-refractivity contribution < 1.29 is 9.59 Å². The summed E-state index contributed by atoms with van der Waals surface area (Å²) in [5.41, 5.74) is 8.56. The summed E-state index contributed by atoms with van der Waals surface area (Å²) in [6.45, 7) is 0. The molecule has 0 aliphatic heterocycles. The number of benzene rings is 3. The van der Waals surface area contributed by atoms with Crippen LogP contribution in [0.2, 0.25) is 0 Å². The van der Waals surface area contributed by atoms with Crippen molar-refractivity contribution in [2.24, 2.45) is 5.73 Å². The van der Waals surface area contributed by atoms with Gasteiger partial charge >= 0.3 is 0 Å². The third-order valence-electron chi connectivity index (χ3n) is 4.71. The van der Waals surface area contributed by atoms with Gasteiger partial charge in [-0.15, -0.1) is 0 Å². The van der Waals surface area contributed by atoms with Gasteiger partial charge in [0.2, 0.25) is 11.8 Å². The van der Waals surface area contributed by atoms with Crippen LogP contribution in [0.25, 0.3) is 0 Å². The summed E-state index contributed by atoms with van der Waals surface area (Å²) in [5, 5.41) is 11.7. The molecule has 5 nitrogen and oxygen atoms in total. The smallest absolute Gasteiger partial charge is 0.240 e. The van der Waals surface area contributed by atoms with Crippen LogP contribution in [0, 0.1) is 11.3 Å². The molecule has 0 radical (unpaired) electrons. The van der Waals surface area contributed by atoms with Gasteiger partial charge in [-0.1, -0.05) is 72.8 Å². The first-order valence-electron chi connectivity index (χ1n) is 9.27. The number of nitrogens with one attached hydrogen (secondary N) is 1. The summed E-state index contributed by atoms with van der Waals surface area (Å²) in [5.74, 6) is -1.46. The fourth-order valence-electron chi connectivity index (χ4n) is 3.22. The van der Waals surface area contributed by atoms with E-state index in [-0.39, 0.29) is 12.3 Å². The third kappa shape index (κ3) is 5.08. The molecule has 0 saturated heterocycles. The van der Waals surface area contributed by atoms with Gasteiger partial charge in [-0.2, -0.15) is 5.26 Å². The van der Waals surface area contributed by atoms with E-state index in [1.807, 2.05) is 60.7 Å². The van der Waals surface area contributed by atoms with E-state index < -0.39 is 17.9 Å². The summed E-state index contributed by atoms with van der Waals surface area (Å²) in [7, 11) is 0. The van der Waals surface area contributed by atoms with Crippen molar-refractivity contribution in [3.05, 3.63) is 107 Å². The van der Waals surface area contributed by atoms with E-state index in [1.54, 1.807) is 24.3 Å². The molecule has 0 spiro atoms. The molecular formula is C24H21N3O2. The molecule has 3 N–H and O–H groups in total. The minimum absolute atomic E-state index is 0.253. The van der Waals surface area contributed by atoms with Gasteiger partial charge in [-0.05, 0) is 28.8 Å². The van der Waals surface area contributed by atoms with Crippen molar-refractivity contribution in [2.45, 2.75) is 18.4 Å². The number of hydrogen-bond acceptors (Lipinski definition) is 3. The zero-order chi connectivity index (χ0) is 20.6. The molecule has 2 amide bonds. The van der Waals surface area contributed by atoms with Crippen molar-refractivity contribution in [3.63, 3.8) is 0 Å². The predicted molar refractivity (Wildman–Crippen MR) is 111 cm³/mol. The Kier molecular flexibility index (Phi) is 6.39. The number of nitrogens with two attached hydrogens (primary N) is 1. The highest BCUT2D eigenvalue weighted by Crippen LogP contribution is 2.25. The van der Waals surface area contributed by atoms with Crippen molar-refractivity contribution in [1.82, 2.24) is 5.32 Å². The molecule has 3 aromatic rings. The van der Waals surface area contributed by atoms with E-state index in [9.17, 15) is 9.59 Å². The standard InChI is InChI=1S/C24H21N3O2/c25-16-18-13-11-17(12-14-18)15-21(23(26)28)27-24(29)22(19-7-3-1-4-8-19)20-9-5-2-6-10-20/h1-14,21-22H,15H2,(H2,26,28)(H,27,29)/t21-/m0/s1. The number of carbonyl (C=O) groups excluding carboxylic acids is 2. The number of primary amides is 1. The minimum atomic E-state index is -0.856. The number of rotatable bonds is 7. The minimum Gasteiger partial charge on any atom is -0.368 e. The van der Waals surface area contributed by atoms with Crippen LogP contribution in [0.5, 0.6) is 0 Å². The Morgan fingerprint density at radius 2 is 1.38 bits per heavy atom. The lowest BCUT2D eigenvalue weighted by Crippen LogP contribution is -2.47. The van der Waals surface area contributed by atoms with Gasteiger partial charge in [0.05, 0.1) is 17.6 Å². The third-order valence-corrected chi connectivity index (χ3v) is 4.71. The van der Waals surface area contributed by atoms with Gasteiger partial charge in [-0.25, -0.2) is 0 Å². The molecule has 5 heteroatoms. The lowest BCUT2D eigenvalue weighted by Gasteiger charge is -2.22. The summed E-state index contributed by atoms with van der Waals surface area (Å²) in [6.07, 6.45) is 0.253. The average Bonchev–Trinajstić information content (AvgIpc) is 2.75. The largest absolute Gasteiger partial charge is 0.368 e. The van der Waals surface area contributed by atoms with E-state index in [1.165, 1.54) is 0 Å². The molecule has 0 unspecified atom stereocenters. The van der Waals surface area contributed by atoms with Gasteiger partial charge in [0.25, 0.3) is 0 Å². The normalized spacial score (nSPS) is 11.4. The van der Waals surface area contributed by atoms with Gasteiger partial charge in [0.15, 0.2) is 0 Å². The molecule has 144 valence electrons. The first-order chi connectivity index (χ1) is 14.1. The summed E-state index contributed by atoms with van der Waals surface area (Å²) in [6, 6.07) is 26.9. The molecule has 0 aliphatic carbocycles. The van der Waals surface area contributed by atoms with Crippen molar-refractivity contribution in [2.75, 3.05) is 0 Å². The number of nitrogens with zero attached hydrogens (tertiary/aromatic N) is 1. The Bertz CT molecular complexity index is 970. The van der Waals surface area contributed by atoms with Crippen molar-refractivity contribution >= 4 is 11.8 Å². The lowest BCUT2D eigenvalue weighted by atomic mass is 9.90. The van der Waals surface area contributed by atoms with Crippen LogP contribution in [-0.2, 0) is 16.0 Å². The fourth-order valence-corrected chi connectivity index (χ4v) is 3.22. The van der Waals surface area contributed by atoms with Crippen LogP contribution in [0.1, 0.15) is 28.2 Å². The molecule has 0 aromatic heterocycles. The van der Waals surface area contributed by atoms with Crippen molar-refractivity contribution in [3.8, 4) is 6.07 Å². The number of carbonyl (C=O) groups is 2. The predicted octanol–water partition coefficient (Wildman–Crippen LogP) is 2.90. The van der Waals surface area contributed by atoms with Crippen molar-refractivity contribution in [1.29, 1.82) is 5.26 Å². The van der Waals surface area contributed by atoms with Gasteiger partial charge < -0.3 is 11.1 Å². The second-order valence-corrected chi connectivity index (χ2v) is 6.73. The molecule has 0 saturated carbocycles.